The molecule has 3 heteroatoms. The first-order chi connectivity index (χ1) is 9.60. The highest BCUT2D eigenvalue weighted by molar-refractivity contribution is 5.68. The van der Waals surface area contributed by atoms with Crippen LogP contribution in [0.4, 0.5) is 0 Å². The number of rotatable bonds is 5. The number of ether oxygens (including phenoxy) is 1. The molecule has 1 aromatic heterocycles. The fourth-order valence-electron chi connectivity index (χ4n) is 2.17. The van der Waals surface area contributed by atoms with E-state index in [0.29, 0.717) is 11.9 Å². The zero-order valence-corrected chi connectivity index (χ0v) is 12.6. The van der Waals surface area contributed by atoms with Gasteiger partial charge in [-0.05, 0) is 35.2 Å². The predicted octanol–water partition coefficient (Wildman–Crippen LogP) is 3.56. The van der Waals surface area contributed by atoms with E-state index >= 15 is 0 Å². The van der Waals surface area contributed by atoms with E-state index in [1.807, 2.05) is 12.1 Å². The molecule has 2 rings (SSSR count). The highest BCUT2D eigenvalue weighted by Crippen LogP contribution is 2.26. The molecule has 0 aliphatic rings. The van der Waals surface area contributed by atoms with E-state index in [0.717, 1.165) is 12.1 Å². The van der Waals surface area contributed by atoms with Gasteiger partial charge in [-0.3, -0.25) is 0 Å². The summed E-state index contributed by atoms with van der Waals surface area (Å²) in [6.07, 6.45) is 1.78. The molecular formula is C17H22N2O. The summed E-state index contributed by atoms with van der Waals surface area (Å²) in [5.74, 6) is 0.646. The van der Waals surface area contributed by atoms with Gasteiger partial charge < -0.3 is 10.1 Å². The average Bonchev–Trinajstić information content (AvgIpc) is 2.45. The Labute approximate surface area is 121 Å². The molecule has 2 aromatic rings. The smallest absolute Gasteiger partial charge is 0.213 e. The van der Waals surface area contributed by atoms with E-state index in [4.69, 9.17) is 4.74 Å². The van der Waals surface area contributed by atoms with Crippen LogP contribution < -0.4 is 10.1 Å². The lowest BCUT2D eigenvalue weighted by Gasteiger charge is -2.12. The second-order valence-corrected chi connectivity index (χ2v) is 5.27. The summed E-state index contributed by atoms with van der Waals surface area (Å²) in [7, 11) is 1.64. The van der Waals surface area contributed by atoms with Crippen LogP contribution in [-0.4, -0.2) is 18.1 Å². The maximum atomic E-state index is 5.18. The maximum absolute atomic E-state index is 5.18. The van der Waals surface area contributed by atoms with Gasteiger partial charge in [0.1, 0.15) is 0 Å². The molecule has 0 saturated carbocycles. The van der Waals surface area contributed by atoms with Gasteiger partial charge in [-0.2, -0.15) is 0 Å². The normalized spacial score (nSPS) is 10.8. The fourth-order valence-corrected chi connectivity index (χ4v) is 2.17. The van der Waals surface area contributed by atoms with E-state index < -0.39 is 0 Å². The third-order valence-corrected chi connectivity index (χ3v) is 3.26. The molecule has 106 valence electrons. The first-order valence-electron chi connectivity index (χ1n) is 6.93. The number of nitrogens with one attached hydrogen (secondary N) is 1. The third kappa shape index (κ3) is 3.58. The summed E-state index contributed by atoms with van der Waals surface area (Å²) < 4.78 is 5.18. The Morgan fingerprint density at radius 1 is 1.20 bits per heavy atom. The Bertz CT molecular complexity index is 579. The van der Waals surface area contributed by atoms with Crippen molar-refractivity contribution >= 4 is 0 Å². The lowest BCUT2D eigenvalue weighted by molar-refractivity contribution is 0.398. The van der Waals surface area contributed by atoms with Crippen molar-refractivity contribution in [3.8, 4) is 17.0 Å². The second-order valence-electron chi connectivity index (χ2n) is 5.27. The van der Waals surface area contributed by atoms with Gasteiger partial charge in [0.15, 0.2) is 0 Å². The Morgan fingerprint density at radius 3 is 2.65 bits per heavy atom. The summed E-state index contributed by atoms with van der Waals surface area (Å²) in [4.78, 5) is 4.15. The van der Waals surface area contributed by atoms with E-state index in [1.165, 1.54) is 16.7 Å². The minimum atomic E-state index is 0.499. The molecule has 1 N–H and O–H groups in total. The van der Waals surface area contributed by atoms with Crippen molar-refractivity contribution in [2.75, 3.05) is 7.11 Å². The van der Waals surface area contributed by atoms with Gasteiger partial charge in [-0.15, -0.1) is 0 Å². The molecule has 0 radical (unpaired) electrons. The summed E-state index contributed by atoms with van der Waals surface area (Å²) in [6, 6.07) is 11.1. The fraction of sp³-hybridized carbons (Fsp3) is 0.353. The molecule has 0 atom stereocenters. The number of nitrogens with zero attached hydrogens (tertiary/aromatic N) is 1. The summed E-state index contributed by atoms with van der Waals surface area (Å²) in [5.41, 5.74) is 4.93. The molecule has 3 nitrogen and oxygen atoms in total. The highest BCUT2D eigenvalue weighted by atomic mass is 16.5. The molecule has 20 heavy (non-hydrogen) atoms. The van der Waals surface area contributed by atoms with Gasteiger partial charge in [0.25, 0.3) is 0 Å². The molecule has 0 spiro atoms. The van der Waals surface area contributed by atoms with Crippen molar-refractivity contribution in [2.45, 2.75) is 33.4 Å². The standard InChI is InChI=1S/C17H22N2O/c1-12(2)19-11-14-5-6-16(13(3)9-14)15-7-8-18-17(10-15)20-4/h5-10,12,19H,11H2,1-4H3. The van der Waals surface area contributed by atoms with E-state index in [1.54, 1.807) is 13.3 Å². The minimum Gasteiger partial charge on any atom is -0.481 e. The average molecular weight is 270 g/mol. The van der Waals surface area contributed by atoms with Crippen molar-refractivity contribution < 1.29 is 4.74 Å². The van der Waals surface area contributed by atoms with Crippen LogP contribution in [0.25, 0.3) is 11.1 Å². The van der Waals surface area contributed by atoms with Gasteiger partial charge in [0.2, 0.25) is 5.88 Å². The molecule has 0 aliphatic heterocycles. The Kier molecular flexibility index (Phi) is 4.74. The van der Waals surface area contributed by atoms with Gasteiger partial charge >= 0.3 is 0 Å². The van der Waals surface area contributed by atoms with Crippen LogP contribution in [0.2, 0.25) is 0 Å². The van der Waals surface area contributed by atoms with Crippen LogP contribution >= 0.6 is 0 Å². The second kappa shape index (κ2) is 6.53. The van der Waals surface area contributed by atoms with Gasteiger partial charge in [0.05, 0.1) is 7.11 Å². The molecule has 1 aromatic carbocycles. The largest absolute Gasteiger partial charge is 0.481 e. The van der Waals surface area contributed by atoms with Crippen molar-refractivity contribution in [3.05, 3.63) is 47.7 Å². The number of pyridine rings is 1. The summed E-state index contributed by atoms with van der Waals surface area (Å²) >= 11 is 0. The van der Waals surface area contributed by atoms with E-state index in [-0.39, 0.29) is 0 Å². The number of aromatic nitrogens is 1. The SMILES string of the molecule is COc1cc(-c2ccc(CNC(C)C)cc2C)ccn1. The van der Waals surface area contributed by atoms with Crippen molar-refractivity contribution in [1.82, 2.24) is 10.3 Å². The Hall–Kier alpha value is -1.87. The monoisotopic (exact) mass is 270 g/mol. The molecular weight excluding hydrogens is 248 g/mol. The Balaban J connectivity index is 2.24. The number of methoxy groups -OCH3 is 1. The Morgan fingerprint density at radius 2 is 2.00 bits per heavy atom. The quantitative estimate of drug-likeness (QED) is 0.902. The molecule has 1 heterocycles. The number of aryl methyl sites for hydroxylation is 1. The van der Waals surface area contributed by atoms with Crippen LogP contribution in [0, 0.1) is 6.92 Å². The lowest BCUT2D eigenvalue weighted by Crippen LogP contribution is -2.21. The molecule has 0 bridgehead atoms. The van der Waals surface area contributed by atoms with E-state index in [2.05, 4.69) is 49.3 Å². The maximum Gasteiger partial charge on any atom is 0.213 e. The first kappa shape index (κ1) is 14.5. The van der Waals surface area contributed by atoms with Crippen LogP contribution in [-0.2, 0) is 6.54 Å². The van der Waals surface area contributed by atoms with Crippen LogP contribution in [0.3, 0.4) is 0 Å². The zero-order valence-electron chi connectivity index (χ0n) is 12.6. The van der Waals surface area contributed by atoms with Crippen molar-refractivity contribution in [2.24, 2.45) is 0 Å². The summed E-state index contributed by atoms with van der Waals surface area (Å²) in [6.45, 7) is 7.36. The van der Waals surface area contributed by atoms with E-state index in [9.17, 15) is 0 Å². The molecule has 0 saturated heterocycles. The van der Waals surface area contributed by atoms with Gasteiger partial charge in [-0.25, -0.2) is 4.98 Å². The number of benzene rings is 1. The minimum absolute atomic E-state index is 0.499. The number of hydrogen-bond donors (Lipinski definition) is 1. The zero-order chi connectivity index (χ0) is 14.5. The molecule has 0 aliphatic carbocycles. The van der Waals surface area contributed by atoms with Crippen molar-refractivity contribution in [3.63, 3.8) is 0 Å². The van der Waals surface area contributed by atoms with Crippen LogP contribution in [0.15, 0.2) is 36.5 Å². The van der Waals surface area contributed by atoms with Crippen LogP contribution in [0.1, 0.15) is 25.0 Å². The first-order valence-corrected chi connectivity index (χ1v) is 6.93. The van der Waals surface area contributed by atoms with Crippen molar-refractivity contribution in [1.29, 1.82) is 0 Å². The lowest BCUT2D eigenvalue weighted by atomic mass is 9.99. The van der Waals surface area contributed by atoms with Gasteiger partial charge in [-0.1, -0.05) is 32.0 Å². The number of hydrogen-bond acceptors (Lipinski definition) is 3. The predicted molar refractivity (Wildman–Crippen MR) is 82.9 cm³/mol. The topological polar surface area (TPSA) is 34.1 Å². The van der Waals surface area contributed by atoms with Crippen LogP contribution in [0.5, 0.6) is 5.88 Å². The summed E-state index contributed by atoms with van der Waals surface area (Å²) in [5, 5.41) is 3.44. The van der Waals surface area contributed by atoms with Gasteiger partial charge in [0, 0.05) is 24.8 Å². The third-order valence-electron chi connectivity index (χ3n) is 3.26. The molecule has 0 unspecified atom stereocenters. The molecule has 0 amide bonds. The molecule has 0 fully saturated rings. The highest BCUT2D eigenvalue weighted by Gasteiger charge is 2.05.